The van der Waals surface area contributed by atoms with Gasteiger partial charge in [0, 0.05) is 12.1 Å². The maximum atomic E-state index is 13.8. The molecule has 0 spiro atoms. The summed E-state index contributed by atoms with van der Waals surface area (Å²) in [4.78, 5) is 16.9. The molecule has 7 heteroatoms. The van der Waals surface area contributed by atoms with Crippen LogP contribution in [-0.4, -0.2) is 19.1 Å². The SMILES string of the molecule is COC(=O)CC(Cc1cc(F)c(F)cc1F)NOCc1ccccc1. The number of methoxy groups -OCH3 is 1. The van der Waals surface area contributed by atoms with Crippen LogP contribution in [0.5, 0.6) is 0 Å². The van der Waals surface area contributed by atoms with E-state index in [0.29, 0.717) is 6.07 Å². The van der Waals surface area contributed by atoms with Crippen LogP contribution in [-0.2, 0) is 27.4 Å². The summed E-state index contributed by atoms with van der Waals surface area (Å²) in [6.07, 6.45) is -0.198. The molecule has 0 radical (unpaired) electrons. The van der Waals surface area contributed by atoms with Crippen molar-refractivity contribution in [1.82, 2.24) is 5.48 Å². The van der Waals surface area contributed by atoms with E-state index in [4.69, 9.17) is 4.84 Å². The summed E-state index contributed by atoms with van der Waals surface area (Å²) in [6.45, 7) is 0.221. The highest BCUT2D eigenvalue weighted by Crippen LogP contribution is 2.16. The summed E-state index contributed by atoms with van der Waals surface area (Å²) >= 11 is 0. The van der Waals surface area contributed by atoms with Crippen LogP contribution >= 0.6 is 0 Å². The van der Waals surface area contributed by atoms with E-state index in [1.165, 1.54) is 7.11 Å². The predicted octanol–water partition coefficient (Wildman–Crippen LogP) is 3.30. The molecular weight excluding hydrogens is 335 g/mol. The van der Waals surface area contributed by atoms with Gasteiger partial charge in [-0.15, -0.1) is 0 Å². The van der Waals surface area contributed by atoms with Gasteiger partial charge in [0.2, 0.25) is 0 Å². The molecule has 1 unspecified atom stereocenters. The molecule has 0 heterocycles. The quantitative estimate of drug-likeness (QED) is 0.449. The van der Waals surface area contributed by atoms with Crippen LogP contribution in [0.3, 0.4) is 0 Å². The number of hydrogen-bond donors (Lipinski definition) is 1. The van der Waals surface area contributed by atoms with Crippen molar-refractivity contribution in [2.75, 3.05) is 7.11 Å². The van der Waals surface area contributed by atoms with Crippen LogP contribution in [0.4, 0.5) is 13.2 Å². The van der Waals surface area contributed by atoms with Crippen LogP contribution in [0.1, 0.15) is 17.5 Å². The third-order valence-corrected chi connectivity index (χ3v) is 3.53. The maximum absolute atomic E-state index is 13.8. The summed E-state index contributed by atoms with van der Waals surface area (Å²) in [7, 11) is 1.22. The smallest absolute Gasteiger partial charge is 0.307 e. The van der Waals surface area contributed by atoms with E-state index in [9.17, 15) is 18.0 Å². The Morgan fingerprint density at radius 1 is 1.08 bits per heavy atom. The zero-order valence-corrected chi connectivity index (χ0v) is 13.6. The van der Waals surface area contributed by atoms with Gasteiger partial charge in [0.1, 0.15) is 5.82 Å². The lowest BCUT2D eigenvalue weighted by Crippen LogP contribution is -2.34. The molecule has 0 aliphatic carbocycles. The molecule has 0 saturated heterocycles. The van der Waals surface area contributed by atoms with Gasteiger partial charge in [-0.3, -0.25) is 9.63 Å². The second-order valence-electron chi connectivity index (χ2n) is 5.43. The highest BCUT2D eigenvalue weighted by Gasteiger charge is 2.19. The van der Waals surface area contributed by atoms with Crippen LogP contribution < -0.4 is 5.48 Å². The molecule has 0 aliphatic rings. The van der Waals surface area contributed by atoms with E-state index in [-0.39, 0.29) is 25.0 Å². The summed E-state index contributed by atoms with van der Waals surface area (Å²) < 4.78 is 44.7. The molecular formula is C18H18F3NO3. The second-order valence-corrected chi connectivity index (χ2v) is 5.43. The normalized spacial score (nSPS) is 12.0. The number of carbonyl (C=O) groups is 1. The second kappa shape index (κ2) is 9.19. The van der Waals surface area contributed by atoms with E-state index >= 15 is 0 Å². The van der Waals surface area contributed by atoms with Gasteiger partial charge < -0.3 is 4.74 Å². The molecule has 0 amide bonds. The van der Waals surface area contributed by atoms with Crippen LogP contribution in [0.2, 0.25) is 0 Å². The maximum Gasteiger partial charge on any atom is 0.307 e. The van der Waals surface area contributed by atoms with Gasteiger partial charge in [-0.1, -0.05) is 30.3 Å². The standard InChI is InChI=1S/C18H18F3NO3/c1-24-18(23)9-14(22-25-11-12-5-3-2-4-6-12)7-13-8-16(20)17(21)10-15(13)19/h2-6,8,10,14,22H,7,9,11H2,1H3. The number of halogens is 3. The Morgan fingerprint density at radius 3 is 2.44 bits per heavy atom. The van der Waals surface area contributed by atoms with Crippen molar-refractivity contribution in [3.63, 3.8) is 0 Å². The van der Waals surface area contributed by atoms with Crippen LogP contribution in [0, 0.1) is 17.5 Å². The van der Waals surface area contributed by atoms with Gasteiger partial charge >= 0.3 is 5.97 Å². The first-order valence-electron chi connectivity index (χ1n) is 7.61. The Hall–Kier alpha value is -2.38. The summed E-state index contributed by atoms with van der Waals surface area (Å²) in [5.41, 5.74) is 3.49. The highest BCUT2D eigenvalue weighted by molar-refractivity contribution is 5.69. The lowest BCUT2D eigenvalue weighted by molar-refractivity contribution is -0.142. The monoisotopic (exact) mass is 353 g/mol. The molecule has 25 heavy (non-hydrogen) atoms. The largest absolute Gasteiger partial charge is 0.469 e. The Balaban J connectivity index is 2.02. The Kier molecular flexibility index (Phi) is 6.97. The molecule has 0 aromatic heterocycles. The van der Waals surface area contributed by atoms with E-state index < -0.39 is 29.5 Å². The third kappa shape index (κ3) is 5.88. The Labute approximate surface area is 143 Å². The lowest BCUT2D eigenvalue weighted by atomic mass is 10.0. The number of carbonyl (C=O) groups excluding carboxylic acids is 1. The Bertz CT molecular complexity index is 710. The van der Waals surface area contributed by atoms with E-state index in [1.807, 2.05) is 30.3 Å². The molecule has 0 fully saturated rings. The highest BCUT2D eigenvalue weighted by atomic mass is 19.2. The molecule has 2 aromatic carbocycles. The van der Waals surface area contributed by atoms with Crippen molar-refractivity contribution in [2.45, 2.75) is 25.5 Å². The van der Waals surface area contributed by atoms with Crippen molar-refractivity contribution >= 4 is 5.97 Å². The average molecular weight is 353 g/mol. The number of benzene rings is 2. The van der Waals surface area contributed by atoms with Gasteiger partial charge in [0.05, 0.1) is 20.1 Å². The predicted molar refractivity (Wildman–Crippen MR) is 84.8 cm³/mol. The van der Waals surface area contributed by atoms with Gasteiger partial charge in [-0.25, -0.2) is 13.2 Å². The number of rotatable bonds is 8. The van der Waals surface area contributed by atoms with Crippen LogP contribution in [0.25, 0.3) is 0 Å². The van der Waals surface area contributed by atoms with Crippen molar-refractivity contribution in [2.24, 2.45) is 0 Å². The van der Waals surface area contributed by atoms with Gasteiger partial charge in [0.15, 0.2) is 11.6 Å². The number of hydrogen-bond acceptors (Lipinski definition) is 4. The molecule has 2 rings (SSSR count). The molecule has 0 bridgehead atoms. The molecule has 0 saturated carbocycles. The van der Waals surface area contributed by atoms with Crippen molar-refractivity contribution in [1.29, 1.82) is 0 Å². The molecule has 0 aliphatic heterocycles. The number of nitrogens with one attached hydrogen (secondary N) is 1. The first-order chi connectivity index (χ1) is 12.0. The summed E-state index contributed by atoms with van der Waals surface area (Å²) in [5, 5.41) is 0. The Morgan fingerprint density at radius 2 is 1.76 bits per heavy atom. The van der Waals surface area contributed by atoms with Crippen molar-refractivity contribution in [3.8, 4) is 0 Å². The zero-order valence-electron chi connectivity index (χ0n) is 13.6. The third-order valence-electron chi connectivity index (χ3n) is 3.53. The van der Waals surface area contributed by atoms with Gasteiger partial charge in [-0.2, -0.15) is 5.48 Å². The fourth-order valence-electron chi connectivity index (χ4n) is 2.24. The minimum atomic E-state index is -1.26. The minimum absolute atomic E-state index is 0.0661. The van der Waals surface area contributed by atoms with E-state index in [1.54, 1.807) is 0 Å². The first-order valence-corrected chi connectivity index (χ1v) is 7.61. The van der Waals surface area contributed by atoms with Crippen molar-refractivity contribution in [3.05, 3.63) is 71.0 Å². The molecule has 2 aromatic rings. The van der Waals surface area contributed by atoms with E-state index in [2.05, 4.69) is 10.2 Å². The number of hydroxylamine groups is 1. The number of esters is 1. The first kappa shape index (κ1) is 19.0. The fourth-order valence-corrected chi connectivity index (χ4v) is 2.24. The van der Waals surface area contributed by atoms with Gasteiger partial charge in [-0.05, 0) is 23.6 Å². The molecule has 1 N–H and O–H groups in total. The van der Waals surface area contributed by atoms with Crippen LogP contribution in [0.15, 0.2) is 42.5 Å². The average Bonchev–Trinajstić information content (AvgIpc) is 2.60. The summed E-state index contributed by atoms with van der Waals surface area (Å²) in [5.74, 6) is -3.85. The minimum Gasteiger partial charge on any atom is -0.469 e. The van der Waals surface area contributed by atoms with E-state index in [0.717, 1.165) is 11.6 Å². The lowest BCUT2D eigenvalue weighted by Gasteiger charge is -2.18. The van der Waals surface area contributed by atoms with Crippen molar-refractivity contribution < 1.29 is 27.5 Å². The number of ether oxygens (including phenoxy) is 1. The molecule has 134 valence electrons. The van der Waals surface area contributed by atoms with Gasteiger partial charge in [0.25, 0.3) is 0 Å². The molecule has 4 nitrogen and oxygen atoms in total. The molecule has 1 atom stereocenters. The topological polar surface area (TPSA) is 47.6 Å². The zero-order chi connectivity index (χ0) is 18.2. The summed E-state index contributed by atoms with van der Waals surface area (Å²) in [6, 6.07) is 9.85. The fraction of sp³-hybridized carbons (Fsp3) is 0.278.